The summed E-state index contributed by atoms with van der Waals surface area (Å²) < 4.78 is 6.57. The Morgan fingerprint density at radius 3 is 2.90 bits per heavy atom. The molecule has 7 nitrogen and oxygen atoms in total. The van der Waals surface area contributed by atoms with Crippen molar-refractivity contribution >= 4 is 22.5 Å². The van der Waals surface area contributed by atoms with E-state index >= 15 is 0 Å². The summed E-state index contributed by atoms with van der Waals surface area (Å²) in [5.41, 5.74) is 0.332. The van der Waals surface area contributed by atoms with Crippen LogP contribution in [0.5, 0.6) is 5.75 Å². The van der Waals surface area contributed by atoms with Crippen molar-refractivity contribution in [3.8, 4) is 11.4 Å². The van der Waals surface area contributed by atoms with Gasteiger partial charge in [-0.1, -0.05) is 6.07 Å². The lowest BCUT2D eigenvalue weighted by atomic mass is 10.3. The topological polar surface area (TPSA) is 87.3 Å². The van der Waals surface area contributed by atoms with E-state index in [1.165, 1.54) is 29.1 Å². The molecule has 2 rings (SSSR count). The number of rotatable bonds is 5. The van der Waals surface area contributed by atoms with Crippen molar-refractivity contribution in [1.82, 2.24) is 9.78 Å². The fourth-order valence-electron chi connectivity index (χ4n) is 1.64. The number of carbonyl (C=O) groups is 1. The zero-order valence-corrected chi connectivity index (χ0v) is 11.2. The molecular weight excluding hydrogens is 286 g/mol. The Morgan fingerprint density at radius 1 is 1.55 bits per heavy atom. The Labute approximate surface area is 118 Å². The van der Waals surface area contributed by atoms with E-state index in [1.54, 1.807) is 13.0 Å². The van der Waals surface area contributed by atoms with Crippen LogP contribution in [0.2, 0.25) is 0 Å². The van der Waals surface area contributed by atoms with Crippen LogP contribution in [0.15, 0.2) is 30.5 Å². The minimum atomic E-state index is -0.752. The molecule has 0 unspecified atom stereocenters. The molecule has 1 heterocycles. The summed E-state index contributed by atoms with van der Waals surface area (Å²) >= 11 is 5.42. The molecule has 0 saturated carbocycles. The molecule has 104 valence electrons. The minimum Gasteiger partial charge on any atom is -0.490 e. The predicted octanol–water partition coefficient (Wildman–Crippen LogP) is 2.56. The molecule has 0 aliphatic carbocycles. The van der Waals surface area contributed by atoms with Crippen molar-refractivity contribution in [3.05, 3.63) is 46.3 Å². The number of hydrogen-bond acceptors (Lipinski definition) is 5. The zero-order chi connectivity index (χ0) is 14.7. The van der Waals surface area contributed by atoms with Crippen LogP contribution in [0.4, 0.5) is 5.69 Å². The van der Waals surface area contributed by atoms with Gasteiger partial charge in [0.05, 0.1) is 23.4 Å². The molecule has 0 aliphatic rings. The lowest BCUT2D eigenvalue weighted by Gasteiger charge is -2.00. The molecule has 0 spiro atoms. The van der Waals surface area contributed by atoms with Crippen molar-refractivity contribution in [2.75, 3.05) is 6.61 Å². The van der Waals surface area contributed by atoms with Crippen LogP contribution < -0.4 is 4.74 Å². The van der Waals surface area contributed by atoms with Gasteiger partial charge >= 0.3 is 0 Å². The Bertz CT molecular complexity index is 668. The molecule has 1 aromatic carbocycles. The molecule has 1 aromatic heterocycles. The average Bonchev–Trinajstić information content (AvgIpc) is 2.83. The highest BCUT2D eigenvalue weighted by atomic mass is 35.5. The number of nitro groups is 1. The van der Waals surface area contributed by atoms with Crippen molar-refractivity contribution in [3.63, 3.8) is 0 Å². The third-order valence-corrected chi connectivity index (χ3v) is 2.65. The second-order valence-electron chi connectivity index (χ2n) is 3.77. The first-order chi connectivity index (χ1) is 9.52. The van der Waals surface area contributed by atoms with Gasteiger partial charge in [0.15, 0.2) is 11.4 Å². The van der Waals surface area contributed by atoms with Gasteiger partial charge in [-0.15, -0.1) is 0 Å². The molecule has 0 saturated heterocycles. The van der Waals surface area contributed by atoms with E-state index < -0.39 is 10.2 Å². The van der Waals surface area contributed by atoms with Gasteiger partial charge in [0.1, 0.15) is 0 Å². The van der Waals surface area contributed by atoms with Crippen LogP contribution in [-0.2, 0) is 0 Å². The number of nitrogens with zero attached hydrogens (tertiary/aromatic N) is 3. The number of carbonyl (C=O) groups excluding carboxylic acids is 1. The van der Waals surface area contributed by atoms with Gasteiger partial charge in [0.25, 0.3) is 10.9 Å². The first-order valence-corrected chi connectivity index (χ1v) is 6.08. The van der Waals surface area contributed by atoms with Gasteiger partial charge in [-0.3, -0.25) is 14.9 Å². The lowest BCUT2D eigenvalue weighted by Crippen LogP contribution is -1.99. The van der Waals surface area contributed by atoms with Gasteiger partial charge in [0.2, 0.25) is 0 Å². The summed E-state index contributed by atoms with van der Waals surface area (Å²) in [7, 11) is 0. The molecule has 0 N–H and O–H groups in total. The maximum absolute atomic E-state index is 11.3. The van der Waals surface area contributed by atoms with Crippen molar-refractivity contribution in [2.45, 2.75) is 6.92 Å². The molecule has 8 heteroatoms. The number of ether oxygens (including phenoxy) is 1. The quantitative estimate of drug-likeness (QED) is 0.480. The predicted molar refractivity (Wildman–Crippen MR) is 71.6 cm³/mol. The maximum atomic E-state index is 11.3. The van der Waals surface area contributed by atoms with Crippen LogP contribution in [0.25, 0.3) is 5.69 Å². The number of hydrogen-bond donors (Lipinski definition) is 0. The van der Waals surface area contributed by atoms with Crippen molar-refractivity contribution in [1.29, 1.82) is 0 Å². The second-order valence-corrected chi connectivity index (χ2v) is 4.11. The standard InChI is InChI=1S/C12H10ClN3O4/c1-2-20-10-7-15(14-11(10)12(13)17)8-4-3-5-9(6-8)16(18)19/h3-7H,2H2,1H3. The van der Waals surface area contributed by atoms with Gasteiger partial charge in [0, 0.05) is 12.1 Å². The van der Waals surface area contributed by atoms with Gasteiger partial charge in [-0.25, -0.2) is 4.68 Å². The highest BCUT2D eigenvalue weighted by molar-refractivity contribution is 6.67. The summed E-state index contributed by atoms with van der Waals surface area (Å²) in [6.45, 7) is 2.10. The Balaban J connectivity index is 2.47. The normalized spacial score (nSPS) is 10.3. The molecule has 2 aromatic rings. The third-order valence-electron chi connectivity index (χ3n) is 2.47. The average molecular weight is 296 g/mol. The van der Waals surface area contributed by atoms with E-state index in [0.717, 1.165) is 0 Å². The minimum absolute atomic E-state index is 0.0278. The zero-order valence-electron chi connectivity index (χ0n) is 10.4. The van der Waals surface area contributed by atoms with E-state index in [-0.39, 0.29) is 17.1 Å². The van der Waals surface area contributed by atoms with Crippen molar-refractivity contribution < 1.29 is 14.5 Å². The second kappa shape index (κ2) is 5.70. The van der Waals surface area contributed by atoms with E-state index in [4.69, 9.17) is 16.3 Å². The van der Waals surface area contributed by atoms with Crippen LogP contribution >= 0.6 is 11.6 Å². The highest BCUT2D eigenvalue weighted by Gasteiger charge is 2.17. The van der Waals surface area contributed by atoms with Crippen LogP contribution in [-0.4, -0.2) is 26.6 Å². The summed E-state index contributed by atoms with van der Waals surface area (Å²) in [5.74, 6) is 0.235. The molecule has 0 bridgehead atoms. The smallest absolute Gasteiger partial charge is 0.276 e. The third kappa shape index (κ3) is 2.77. The molecule has 0 aliphatic heterocycles. The Kier molecular flexibility index (Phi) is 3.99. The van der Waals surface area contributed by atoms with E-state index in [2.05, 4.69) is 5.10 Å². The molecule has 0 radical (unpaired) electrons. The van der Waals surface area contributed by atoms with E-state index in [0.29, 0.717) is 12.3 Å². The molecular formula is C12H10ClN3O4. The molecule has 20 heavy (non-hydrogen) atoms. The summed E-state index contributed by atoms with van der Waals surface area (Å²) in [5, 5.41) is 14.0. The van der Waals surface area contributed by atoms with Gasteiger partial charge in [-0.2, -0.15) is 5.10 Å². The van der Waals surface area contributed by atoms with Crippen LogP contribution in [0.1, 0.15) is 17.4 Å². The number of benzene rings is 1. The SMILES string of the molecule is CCOc1cn(-c2cccc([N+](=O)[O-])c2)nc1C(=O)Cl. The largest absolute Gasteiger partial charge is 0.490 e. The summed E-state index contributed by atoms with van der Waals surface area (Å²) in [6.07, 6.45) is 1.46. The Morgan fingerprint density at radius 2 is 2.30 bits per heavy atom. The highest BCUT2D eigenvalue weighted by Crippen LogP contribution is 2.23. The fourth-order valence-corrected chi connectivity index (χ4v) is 1.77. The van der Waals surface area contributed by atoms with Crippen molar-refractivity contribution in [2.24, 2.45) is 0 Å². The first kappa shape index (κ1) is 14.0. The Hall–Kier alpha value is -2.41. The van der Waals surface area contributed by atoms with Crippen LogP contribution in [0, 0.1) is 10.1 Å². The first-order valence-electron chi connectivity index (χ1n) is 5.70. The maximum Gasteiger partial charge on any atom is 0.276 e. The number of halogens is 1. The van der Waals surface area contributed by atoms with Gasteiger partial charge < -0.3 is 4.74 Å². The van der Waals surface area contributed by atoms with Gasteiger partial charge in [-0.05, 0) is 24.6 Å². The summed E-state index contributed by atoms with van der Waals surface area (Å²) in [4.78, 5) is 21.5. The van der Waals surface area contributed by atoms with E-state index in [1.807, 2.05) is 0 Å². The molecule has 0 atom stereocenters. The number of aromatic nitrogens is 2. The number of non-ortho nitro benzene ring substituents is 1. The lowest BCUT2D eigenvalue weighted by molar-refractivity contribution is -0.384. The monoisotopic (exact) mass is 295 g/mol. The van der Waals surface area contributed by atoms with E-state index in [9.17, 15) is 14.9 Å². The fraction of sp³-hybridized carbons (Fsp3) is 0.167. The number of nitro benzene ring substituents is 1. The van der Waals surface area contributed by atoms with Crippen LogP contribution in [0.3, 0.4) is 0 Å². The molecule has 0 amide bonds. The summed E-state index contributed by atoms with van der Waals surface area (Å²) in [6, 6.07) is 5.85. The molecule has 0 fully saturated rings.